The number of para-hydroxylation sites is 1. The summed E-state index contributed by atoms with van der Waals surface area (Å²) >= 11 is 0. The Balaban J connectivity index is 2.52. The standard InChI is InChI=1S/C19H29NO2/c1-14(2)13-19(4,5)20-18(22)12-8-9-15(3)16-10-6-7-11-17(16)21/h6-8,10-12,14-15,21H,9,13H2,1-5H3,(H,20,22)/b12-8+. The molecule has 1 unspecified atom stereocenters. The Morgan fingerprint density at radius 2 is 1.91 bits per heavy atom. The number of nitrogens with one attached hydrogen (secondary N) is 1. The summed E-state index contributed by atoms with van der Waals surface area (Å²) in [4.78, 5) is 12.0. The van der Waals surface area contributed by atoms with Gasteiger partial charge in [-0.2, -0.15) is 0 Å². The Hall–Kier alpha value is -1.77. The maximum Gasteiger partial charge on any atom is 0.244 e. The van der Waals surface area contributed by atoms with E-state index >= 15 is 0 Å². The molecular weight excluding hydrogens is 274 g/mol. The zero-order valence-corrected chi connectivity index (χ0v) is 14.4. The Morgan fingerprint density at radius 3 is 2.50 bits per heavy atom. The second-order valence-electron chi connectivity index (χ2n) is 7.07. The van der Waals surface area contributed by atoms with Crippen molar-refractivity contribution in [1.29, 1.82) is 0 Å². The number of phenolic OH excluding ortho intramolecular Hbond substituents is 1. The molecule has 22 heavy (non-hydrogen) atoms. The van der Waals surface area contributed by atoms with Crippen LogP contribution < -0.4 is 5.32 Å². The number of rotatable bonds is 7. The fourth-order valence-corrected chi connectivity index (χ4v) is 2.86. The first-order chi connectivity index (χ1) is 10.2. The molecule has 0 saturated heterocycles. The molecule has 1 aromatic rings. The molecule has 1 atom stereocenters. The minimum atomic E-state index is -0.196. The molecular formula is C19H29NO2. The van der Waals surface area contributed by atoms with Crippen molar-refractivity contribution < 1.29 is 9.90 Å². The fourth-order valence-electron chi connectivity index (χ4n) is 2.86. The minimum Gasteiger partial charge on any atom is -0.508 e. The lowest BCUT2D eigenvalue weighted by Crippen LogP contribution is -2.43. The van der Waals surface area contributed by atoms with Gasteiger partial charge in [-0.1, -0.05) is 45.0 Å². The van der Waals surface area contributed by atoms with E-state index in [0.29, 0.717) is 11.7 Å². The molecule has 0 aliphatic heterocycles. The number of allylic oxidation sites excluding steroid dienone is 1. The minimum absolute atomic E-state index is 0.0601. The topological polar surface area (TPSA) is 49.3 Å². The molecule has 0 saturated carbocycles. The number of phenols is 1. The van der Waals surface area contributed by atoms with Crippen LogP contribution in [0.3, 0.4) is 0 Å². The molecule has 3 heteroatoms. The fraction of sp³-hybridized carbons (Fsp3) is 0.526. The summed E-state index contributed by atoms with van der Waals surface area (Å²) in [6.07, 6.45) is 5.13. The maximum absolute atomic E-state index is 12.0. The van der Waals surface area contributed by atoms with Gasteiger partial charge in [-0.25, -0.2) is 0 Å². The Morgan fingerprint density at radius 1 is 1.27 bits per heavy atom. The molecule has 0 spiro atoms. The molecule has 3 nitrogen and oxygen atoms in total. The number of hydrogen-bond acceptors (Lipinski definition) is 2. The molecule has 122 valence electrons. The third kappa shape index (κ3) is 6.33. The molecule has 0 aromatic heterocycles. The number of carbonyl (C=O) groups excluding carboxylic acids is 1. The van der Waals surface area contributed by atoms with Gasteiger partial charge in [0.25, 0.3) is 0 Å². The highest BCUT2D eigenvalue weighted by molar-refractivity contribution is 5.88. The predicted octanol–water partition coefficient (Wildman–Crippen LogP) is 4.38. The average Bonchev–Trinajstić information content (AvgIpc) is 2.36. The molecule has 1 rings (SSSR count). The van der Waals surface area contributed by atoms with Crippen LogP contribution in [0, 0.1) is 5.92 Å². The smallest absolute Gasteiger partial charge is 0.244 e. The van der Waals surface area contributed by atoms with Gasteiger partial charge in [-0.15, -0.1) is 0 Å². The van der Waals surface area contributed by atoms with Crippen LogP contribution >= 0.6 is 0 Å². The highest BCUT2D eigenvalue weighted by Gasteiger charge is 2.20. The van der Waals surface area contributed by atoms with Crippen LogP contribution in [-0.2, 0) is 4.79 Å². The Kier molecular flexibility index (Phi) is 6.66. The monoisotopic (exact) mass is 303 g/mol. The van der Waals surface area contributed by atoms with Crippen molar-refractivity contribution in [3.8, 4) is 5.75 Å². The molecule has 0 radical (unpaired) electrons. The van der Waals surface area contributed by atoms with E-state index in [9.17, 15) is 9.90 Å². The van der Waals surface area contributed by atoms with E-state index in [4.69, 9.17) is 0 Å². The van der Waals surface area contributed by atoms with Crippen LogP contribution in [0.4, 0.5) is 0 Å². The summed E-state index contributed by atoms with van der Waals surface area (Å²) in [5, 5.41) is 12.9. The largest absolute Gasteiger partial charge is 0.508 e. The van der Waals surface area contributed by atoms with E-state index in [1.165, 1.54) is 0 Å². The Bertz CT molecular complexity index is 518. The molecule has 1 aromatic carbocycles. The molecule has 1 amide bonds. The first-order valence-electron chi connectivity index (χ1n) is 7.98. The lowest BCUT2D eigenvalue weighted by Gasteiger charge is -2.27. The first kappa shape index (κ1) is 18.3. The summed E-state index contributed by atoms with van der Waals surface area (Å²) in [7, 11) is 0. The van der Waals surface area contributed by atoms with E-state index < -0.39 is 0 Å². The van der Waals surface area contributed by atoms with Gasteiger partial charge < -0.3 is 10.4 Å². The van der Waals surface area contributed by atoms with E-state index in [1.807, 2.05) is 45.0 Å². The van der Waals surface area contributed by atoms with Gasteiger partial charge in [0.15, 0.2) is 0 Å². The molecule has 0 bridgehead atoms. The maximum atomic E-state index is 12.0. The molecule has 2 N–H and O–H groups in total. The van der Waals surface area contributed by atoms with Gasteiger partial charge in [0.2, 0.25) is 5.91 Å². The van der Waals surface area contributed by atoms with Crippen molar-refractivity contribution in [2.24, 2.45) is 5.92 Å². The van der Waals surface area contributed by atoms with Crippen molar-refractivity contribution in [1.82, 2.24) is 5.32 Å². The van der Waals surface area contributed by atoms with Crippen molar-refractivity contribution in [2.45, 2.75) is 58.9 Å². The van der Waals surface area contributed by atoms with E-state index in [0.717, 1.165) is 18.4 Å². The zero-order valence-electron chi connectivity index (χ0n) is 14.4. The van der Waals surface area contributed by atoms with Gasteiger partial charge in [-0.3, -0.25) is 4.79 Å². The van der Waals surface area contributed by atoms with Crippen LogP contribution in [0.2, 0.25) is 0 Å². The number of carbonyl (C=O) groups is 1. The van der Waals surface area contributed by atoms with E-state index in [1.54, 1.807) is 12.1 Å². The number of aromatic hydroxyl groups is 1. The third-order valence-corrected chi connectivity index (χ3v) is 3.61. The number of hydrogen-bond donors (Lipinski definition) is 2. The summed E-state index contributed by atoms with van der Waals surface area (Å²) in [6.45, 7) is 10.4. The first-order valence-corrected chi connectivity index (χ1v) is 7.98. The molecule has 0 aliphatic rings. The molecule has 0 heterocycles. The normalized spacial score (nSPS) is 13.5. The lowest BCUT2D eigenvalue weighted by molar-refractivity contribution is -0.118. The van der Waals surface area contributed by atoms with Crippen LogP contribution in [-0.4, -0.2) is 16.6 Å². The highest BCUT2D eigenvalue weighted by Crippen LogP contribution is 2.27. The second-order valence-corrected chi connectivity index (χ2v) is 7.07. The summed E-state index contributed by atoms with van der Waals surface area (Å²) in [5.41, 5.74) is 0.714. The summed E-state index contributed by atoms with van der Waals surface area (Å²) < 4.78 is 0. The van der Waals surface area contributed by atoms with Crippen molar-refractivity contribution in [3.63, 3.8) is 0 Å². The van der Waals surface area contributed by atoms with E-state index in [2.05, 4.69) is 19.2 Å². The average molecular weight is 303 g/mol. The quantitative estimate of drug-likeness (QED) is 0.734. The van der Waals surface area contributed by atoms with Gasteiger partial charge in [0.05, 0.1) is 0 Å². The van der Waals surface area contributed by atoms with E-state index in [-0.39, 0.29) is 17.4 Å². The lowest BCUT2D eigenvalue weighted by atomic mass is 9.92. The Labute approximate surface area is 134 Å². The van der Waals surface area contributed by atoms with Crippen LogP contribution in [0.15, 0.2) is 36.4 Å². The van der Waals surface area contributed by atoms with Crippen molar-refractivity contribution >= 4 is 5.91 Å². The SMILES string of the molecule is CC(C)CC(C)(C)NC(=O)/C=C/CC(C)c1ccccc1O. The number of benzene rings is 1. The summed E-state index contributed by atoms with van der Waals surface area (Å²) in [6, 6.07) is 7.33. The van der Waals surface area contributed by atoms with Crippen molar-refractivity contribution in [3.05, 3.63) is 42.0 Å². The highest BCUT2D eigenvalue weighted by atomic mass is 16.3. The van der Waals surface area contributed by atoms with Crippen LogP contribution in [0.5, 0.6) is 5.75 Å². The van der Waals surface area contributed by atoms with Gasteiger partial charge >= 0.3 is 0 Å². The summed E-state index contributed by atoms with van der Waals surface area (Å²) in [5.74, 6) is 0.968. The van der Waals surface area contributed by atoms with Gasteiger partial charge in [0.1, 0.15) is 5.75 Å². The molecule has 0 fully saturated rings. The van der Waals surface area contributed by atoms with Gasteiger partial charge in [-0.05, 0) is 56.2 Å². The van der Waals surface area contributed by atoms with Gasteiger partial charge in [0, 0.05) is 5.54 Å². The predicted molar refractivity (Wildman–Crippen MR) is 92.0 cm³/mol. The van der Waals surface area contributed by atoms with Crippen molar-refractivity contribution in [2.75, 3.05) is 0 Å². The zero-order chi connectivity index (χ0) is 16.8. The van der Waals surface area contributed by atoms with Crippen LogP contribution in [0.25, 0.3) is 0 Å². The van der Waals surface area contributed by atoms with Crippen LogP contribution in [0.1, 0.15) is 58.9 Å². The molecule has 0 aliphatic carbocycles. The third-order valence-electron chi connectivity index (χ3n) is 3.61. The number of amides is 1. The second kappa shape index (κ2) is 8.02.